The van der Waals surface area contributed by atoms with Crippen molar-refractivity contribution in [2.75, 3.05) is 6.54 Å². The minimum atomic E-state index is -2.77. The molecule has 15 heavy (non-hydrogen) atoms. The molecule has 0 aliphatic carbocycles. The summed E-state index contributed by atoms with van der Waals surface area (Å²) in [5, 5.41) is 3.14. The molecular weight excluding hydrogens is 200 g/mol. The summed E-state index contributed by atoms with van der Waals surface area (Å²) in [7, 11) is 0. The normalized spacial score (nSPS) is 10.7. The fourth-order valence-corrected chi connectivity index (χ4v) is 1.26. The van der Waals surface area contributed by atoms with E-state index in [-0.39, 0.29) is 5.75 Å². The van der Waals surface area contributed by atoms with Crippen LogP contribution in [0.1, 0.15) is 18.9 Å². The number of hydrogen-bond donors (Lipinski definition) is 1. The molecule has 0 aliphatic rings. The number of alkyl halides is 2. The Balaban J connectivity index is 2.60. The highest BCUT2D eigenvalue weighted by Gasteiger charge is 2.07. The van der Waals surface area contributed by atoms with E-state index in [4.69, 9.17) is 0 Å². The number of benzene rings is 1. The lowest BCUT2D eigenvalue weighted by atomic mass is 10.2. The van der Waals surface area contributed by atoms with Gasteiger partial charge in [0, 0.05) is 12.1 Å². The van der Waals surface area contributed by atoms with Crippen LogP contribution in [0.4, 0.5) is 8.78 Å². The van der Waals surface area contributed by atoms with Gasteiger partial charge in [0.2, 0.25) is 0 Å². The van der Waals surface area contributed by atoms with E-state index in [1.54, 1.807) is 24.3 Å². The first-order chi connectivity index (χ1) is 7.24. The first-order valence-corrected chi connectivity index (χ1v) is 4.97. The highest BCUT2D eigenvalue weighted by Crippen LogP contribution is 2.19. The van der Waals surface area contributed by atoms with Gasteiger partial charge in [-0.2, -0.15) is 8.78 Å². The molecule has 0 unspecified atom stereocenters. The maximum atomic E-state index is 12.0. The van der Waals surface area contributed by atoms with E-state index in [1.165, 1.54) is 0 Å². The SMILES string of the molecule is CCCNCc1ccccc1OC(F)F. The van der Waals surface area contributed by atoms with Crippen molar-refractivity contribution < 1.29 is 13.5 Å². The molecule has 0 saturated heterocycles. The quantitative estimate of drug-likeness (QED) is 0.737. The highest BCUT2D eigenvalue weighted by atomic mass is 19.3. The van der Waals surface area contributed by atoms with Crippen molar-refractivity contribution in [3.63, 3.8) is 0 Å². The van der Waals surface area contributed by atoms with Gasteiger partial charge in [0.25, 0.3) is 0 Å². The van der Waals surface area contributed by atoms with Crippen LogP contribution in [-0.2, 0) is 6.54 Å². The van der Waals surface area contributed by atoms with Crippen molar-refractivity contribution in [2.24, 2.45) is 0 Å². The summed E-state index contributed by atoms with van der Waals surface area (Å²) >= 11 is 0. The van der Waals surface area contributed by atoms with Crippen molar-refractivity contribution in [2.45, 2.75) is 26.5 Å². The minimum absolute atomic E-state index is 0.246. The summed E-state index contributed by atoms with van der Waals surface area (Å²) in [6.45, 7) is 0.700. The second kappa shape index (κ2) is 6.35. The topological polar surface area (TPSA) is 21.3 Å². The summed E-state index contributed by atoms with van der Waals surface area (Å²) in [5.41, 5.74) is 0.756. The van der Waals surface area contributed by atoms with Crippen molar-refractivity contribution >= 4 is 0 Å². The maximum Gasteiger partial charge on any atom is 0.387 e. The molecule has 1 aromatic rings. The van der Waals surface area contributed by atoms with Crippen molar-refractivity contribution in [1.82, 2.24) is 5.32 Å². The highest BCUT2D eigenvalue weighted by molar-refractivity contribution is 5.33. The number of hydrogen-bond acceptors (Lipinski definition) is 2. The molecule has 4 heteroatoms. The van der Waals surface area contributed by atoms with Gasteiger partial charge < -0.3 is 10.1 Å². The summed E-state index contributed by atoms with van der Waals surface area (Å²) in [6, 6.07) is 6.82. The Hall–Kier alpha value is -1.16. The van der Waals surface area contributed by atoms with Crippen LogP contribution in [0.5, 0.6) is 5.75 Å². The number of halogens is 2. The Morgan fingerprint density at radius 1 is 1.33 bits per heavy atom. The molecule has 1 N–H and O–H groups in total. The van der Waals surface area contributed by atoms with E-state index in [9.17, 15) is 8.78 Å². The monoisotopic (exact) mass is 215 g/mol. The van der Waals surface area contributed by atoms with E-state index >= 15 is 0 Å². The van der Waals surface area contributed by atoms with Crippen molar-refractivity contribution in [3.05, 3.63) is 29.8 Å². The summed E-state index contributed by atoms with van der Waals surface area (Å²) in [5.74, 6) is 0.246. The van der Waals surface area contributed by atoms with Crippen LogP contribution < -0.4 is 10.1 Å². The fourth-order valence-electron chi connectivity index (χ4n) is 1.26. The van der Waals surface area contributed by atoms with E-state index in [1.807, 2.05) is 0 Å². The molecule has 0 spiro atoms. The lowest BCUT2D eigenvalue weighted by Crippen LogP contribution is -2.15. The van der Waals surface area contributed by atoms with Gasteiger partial charge >= 0.3 is 6.61 Å². The van der Waals surface area contributed by atoms with Crippen LogP contribution in [0, 0.1) is 0 Å². The van der Waals surface area contributed by atoms with Gasteiger partial charge in [-0.05, 0) is 19.0 Å². The van der Waals surface area contributed by atoms with Crippen LogP contribution in [-0.4, -0.2) is 13.2 Å². The molecule has 0 atom stereocenters. The van der Waals surface area contributed by atoms with E-state index in [0.717, 1.165) is 18.5 Å². The molecule has 2 nitrogen and oxygen atoms in total. The Bertz CT molecular complexity index is 292. The molecule has 0 radical (unpaired) electrons. The molecule has 0 heterocycles. The smallest absolute Gasteiger partial charge is 0.387 e. The van der Waals surface area contributed by atoms with Gasteiger partial charge in [-0.25, -0.2) is 0 Å². The number of para-hydroxylation sites is 1. The second-order valence-corrected chi connectivity index (χ2v) is 3.16. The number of ether oxygens (including phenoxy) is 1. The van der Waals surface area contributed by atoms with Gasteiger partial charge in [0.1, 0.15) is 5.75 Å². The average molecular weight is 215 g/mol. The zero-order valence-corrected chi connectivity index (χ0v) is 8.67. The molecule has 0 aliphatic heterocycles. The summed E-state index contributed by atoms with van der Waals surface area (Å²) < 4.78 is 28.5. The first-order valence-electron chi connectivity index (χ1n) is 4.97. The predicted octanol–water partition coefficient (Wildman–Crippen LogP) is 2.79. The first kappa shape index (κ1) is 11.9. The largest absolute Gasteiger partial charge is 0.434 e. The number of rotatable bonds is 6. The van der Waals surface area contributed by atoms with Gasteiger partial charge in [-0.1, -0.05) is 25.1 Å². The Kier molecular flexibility index (Phi) is 5.04. The lowest BCUT2D eigenvalue weighted by Gasteiger charge is -2.10. The second-order valence-electron chi connectivity index (χ2n) is 3.16. The zero-order chi connectivity index (χ0) is 11.1. The Morgan fingerprint density at radius 3 is 2.73 bits per heavy atom. The van der Waals surface area contributed by atoms with Crippen LogP contribution >= 0.6 is 0 Å². The molecule has 84 valence electrons. The molecular formula is C11H15F2NO. The zero-order valence-electron chi connectivity index (χ0n) is 8.67. The van der Waals surface area contributed by atoms with Crippen LogP contribution in [0.15, 0.2) is 24.3 Å². The van der Waals surface area contributed by atoms with Crippen LogP contribution in [0.2, 0.25) is 0 Å². The third kappa shape index (κ3) is 4.25. The van der Waals surface area contributed by atoms with E-state index in [0.29, 0.717) is 6.54 Å². The molecule has 0 fully saturated rings. The number of nitrogens with one attached hydrogen (secondary N) is 1. The molecule has 0 aromatic heterocycles. The minimum Gasteiger partial charge on any atom is -0.434 e. The summed E-state index contributed by atoms with van der Waals surface area (Å²) in [4.78, 5) is 0. The van der Waals surface area contributed by atoms with Gasteiger partial charge in [0.15, 0.2) is 0 Å². The van der Waals surface area contributed by atoms with Crippen LogP contribution in [0.3, 0.4) is 0 Å². The third-order valence-electron chi connectivity index (χ3n) is 1.93. The molecule has 0 bridgehead atoms. The van der Waals surface area contributed by atoms with Gasteiger partial charge in [-0.3, -0.25) is 0 Å². The summed E-state index contributed by atoms with van der Waals surface area (Å²) in [6.07, 6.45) is 1.01. The molecule has 1 rings (SSSR count). The third-order valence-corrected chi connectivity index (χ3v) is 1.93. The fraction of sp³-hybridized carbons (Fsp3) is 0.455. The Labute approximate surface area is 88.3 Å². The molecule has 0 amide bonds. The van der Waals surface area contributed by atoms with Gasteiger partial charge in [-0.15, -0.1) is 0 Å². The van der Waals surface area contributed by atoms with E-state index in [2.05, 4.69) is 17.0 Å². The van der Waals surface area contributed by atoms with E-state index < -0.39 is 6.61 Å². The molecule has 1 aromatic carbocycles. The van der Waals surface area contributed by atoms with Crippen molar-refractivity contribution in [1.29, 1.82) is 0 Å². The predicted molar refractivity (Wildman–Crippen MR) is 55.1 cm³/mol. The van der Waals surface area contributed by atoms with Crippen LogP contribution in [0.25, 0.3) is 0 Å². The maximum absolute atomic E-state index is 12.0. The standard InChI is InChI=1S/C11H15F2NO/c1-2-7-14-8-9-5-3-4-6-10(9)15-11(12)13/h3-6,11,14H,2,7-8H2,1H3. The van der Waals surface area contributed by atoms with Gasteiger partial charge in [0.05, 0.1) is 0 Å². The molecule has 0 saturated carbocycles. The van der Waals surface area contributed by atoms with Crippen molar-refractivity contribution in [3.8, 4) is 5.75 Å². The lowest BCUT2D eigenvalue weighted by molar-refractivity contribution is -0.0504. The average Bonchev–Trinajstić information content (AvgIpc) is 2.20. The Morgan fingerprint density at radius 2 is 2.07 bits per heavy atom.